The summed E-state index contributed by atoms with van der Waals surface area (Å²) >= 11 is 11.8. The lowest BCUT2D eigenvalue weighted by Gasteiger charge is -2.06. The van der Waals surface area contributed by atoms with Crippen molar-refractivity contribution < 1.29 is 9.32 Å². The minimum absolute atomic E-state index is 0.0569. The van der Waals surface area contributed by atoms with E-state index in [0.29, 0.717) is 16.4 Å². The summed E-state index contributed by atoms with van der Waals surface area (Å²) in [5, 5.41) is 3.07. The molecule has 5 nitrogen and oxygen atoms in total. The second-order valence-electron chi connectivity index (χ2n) is 3.89. The topological polar surface area (TPSA) is 64.2 Å². The van der Waals surface area contributed by atoms with Crippen LogP contribution in [0.25, 0.3) is 0 Å². The smallest absolute Gasteiger partial charge is 0.336 e. The van der Waals surface area contributed by atoms with Crippen molar-refractivity contribution in [3.63, 3.8) is 0 Å². The molecule has 1 aromatic heterocycles. The van der Waals surface area contributed by atoms with Crippen LogP contribution in [0.1, 0.15) is 16.1 Å². The number of nitrogens with zero attached hydrogens (tertiary/aromatic N) is 1. The Morgan fingerprint density at radius 1 is 1.37 bits per heavy atom. The van der Waals surface area contributed by atoms with Gasteiger partial charge in [0.05, 0.1) is 21.4 Å². The Kier molecular flexibility index (Phi) is 3.68. The number of aromatic nitrogens is 1. The lowest BCUT2D eigenvalue weighted by atomic mass is 10.2. The summed E-state index contributed by atoms with van der Waals surface area (Å²) in [4.78, 5) is 23.6. The van der Waals surface area contributed by atoms with Gasteiger partial charge in [-0.3, -0.25) is 4.79 Å². The van der Waals surface area contributed by atoms with Gasteiger partial charge in [-0.25, -0.2) is 9.53 Å². The van der Waals surface area contributed by atoms with E-state index in [-0.39, 0.29) is 10.6 Å². The molecule has 0 atom stereocenters. The minimum Gasteiger partial charge on any atom is -0.336 e. The molecule has 0 unspecified atom stereocenters. The zero-order valence-corrected chi connectivity index (χ0v) is 11.7. The first-order chi connectivity index (χ1) is 8.91. The van der Waals surface area contributed by atoms with Gasteiger partial charge in [-0.1, -0.05) is 29.3 Å². The van der Waals surface area contributed by atoms with Gasteiger partial charge in [0, 0.05) is 7.05 Å². The summed E-state index contributed by atoms with van der Waals surface area (Å²) in [6.45, 7) is 1.61. The van der Waals surface area contributed by atoms with Crippen LogP contribution in [0.5, 0.6) is 0 Å². The number of anilines is 1. The highest BCUT2D eigenvalue weighted by Gasteiger charge is 2.20. The van der Waals surface area contributed by atoms with Crippen molar-refractivity contribution in [3.05, 3.63) is 49.9 Å². The van der Waals surface area contributed by atoms with Crippen LogP contribution >= 0.6 is 23.2 Å². The third-order valence-corrected chi connectivity index (χ3v) is 3.50. The predicted octanol–water partition coefficient (Wildman–Crippen LogP) is 2.85. The molecule has 1 aromatic carbocycles. The van der Waals surface area contributed by atoms with Crippen molar-refractivity contribution in [2.24, 2.45) is 7.05 Å². The molecule has 1 heterocycles. The summed E-state index contributed by atoms with van der Waals surface area (Å²) in [6, 6.07) is 4.83. The largest absolute Gasteiger partial charge is 0.370 e. The van der Waals surface area contributed by atoms with E-state index in [9.17, 15) is 9.59 Å². The molecule has 0 saturated heterocycles. The Labute approximate surface area is 118 Å². The molecule has 0 radical (unpaired) electrons. The van der Waals surface area contributed by atoms with E-state index in [1.165, 1.54) is 4.74 Å². The summed E-state index contributed by atoms with van der Waals surface area (Å²) in [7, 11) is 1.54. The predicted molar refractivity (Wildman–Crippen MR) is 73.1 cm³/mol. The molecule has 0 aliphatic rings. The van der Waals surface area contributed by atoms with Gasteiger partial charge < -0.3 is 9.84 Å². The summed E-state index contributed by atoms with van der Waals surface area (Å²) in [6.07, 6.45) is 0. The second kappa shape index (κ2) is 5.11. The third kappa shape index (κ3) is 2.52. The number of benzene rings is 1. The molecule has 0 spiro atoms. The van der Waals surface area contributed by atoms with E-state index in [0.717, 1.165) is 0 Å². The van der Waals surface area contributed by atoms with Crippen LogP contribution in [-0.2, 0) is 7.05 Å². The van der Waals surface area contributed by atoms with Gasteiger partial charge in [0.1, 0.15) is 5.56 Å². The Bertz CT molecular complexity index is 703. The maximum atomic E-state index is 12.0. The van der Waals surface area contributed by atoms with E-state index in [4.69, 9.17) is 27.7 Å². The normalized spacial score (nSPS) is 10.5. The van der Waals surface area contributed by atoms with Gasteiger partial charge in [-0.15, -0.1) is 0 Å². The van der Waals surface area contributed by atoms with E-state index in [2.05, 4.69) is 5.32 Å². The van der Waals surface area contributed by atoms with Crippen molar-refractivity contribution >= 4 is 34.8 Å². The molecule has 0 saturated carbocycles. The molecular formula is C12H10Cl2N2O3. The van der Waals surface area contributed by atoms with Crippen molar-refractivity contribution in [3.8, 4) is 0 Å². The number of nitrogens with one attached hydrogen (secondary N) is 1. The fourth-order valence-corrected chi connectivity index (χ4v) is 1.93. The van der Waals surface area contributed by atoms with Crippen LogP contribution in [0.2, 0.25) is 10.0 Å². The molecule has 0 aliphatic carbocycles. The first-order valence-electron chi connectivity index (χ1n) is 5.34. The second-order valence-corrected chi connectivity index (χ2v) is 4.68. The van der Waals surface area contributed by atoms with Gasteiger partial charge in [0.15, 0.2) is 0 Å². The Hall–Kier alpha value is -1.72. The fraction of sp³-hybridized carbons (Fsp3) is 0.167. The maximum Gasteiger partial charge on any atom is 0.370 e. The lowest BCUT2D eigenvalue weighted by Crippen LogP contribution is -2.19. The zero-order chi connectivity index (χ0) is 14.2. The first-order valence-corrected chi connectivity index (χ1v) is 6.09. The number of carbonyl (C=O) groups is 1. The third-order valence-electron chi connectivity index (χ3n) is 2.68. The van der Waals surface area contributed by atoms with Crippen molar-refractivity contribution in [2.75, 3.05) is 5.32 Å². The number of halogens is 2. The minimum atomic E-state index is -0.698. The molecule has 19 heavy (non-hydrogen) atoms. The van der Waals surface area contributed by atoms with E-state index in [1.54, 1.807) is 32.2 Å². The van der Waals surface area contributed by atoms with Crippen LogP contribution in [0.15, 0.2) is 27.5 Å². The monoisotopic (exact) mass is 300 g/mol. The summed E-state index contributed by atoms with van der Waals surface area (Å²) < 4.78 is 6.03. The molecule has 0 bridgehead atoms. The number of carbonyl (C=O) groups excluding carboxylic acids is 1. The van der Waals surface area contributed by atoms with E-state index in [1.807, 2.05) is 0 Å². The number of amides is 1. The fourth-order valence-electron chi connectivity index (χ4n) is 1.59. The standard InChI is InChI=1S/C12H10Cl2N2O3/c1-6-9(12(18)19-16(6)2)11(17)15-8-5-3-4-7(13)10(8)14/h3-5H,1-2H3,(H,15,17). The molecule has 0 aliphatic heterocycles. The van der Waals surface area contributed by atoms with Crippen LogP contribution < -0.4 is 10.9 Å². The SMILES string of the molecule is Cc1c(C(=O)Nc2cccc(Cl)c2Cl)c(=O)on1C. The molecule has 7 heteroatoms. The first kappa shape index (κ1) is 13.7. The Morgan fingerprint density at radius 3 is 2.63 bits per heavy atom. The van der Waals surface area contributed by atoms with Gasteiger partial charge in [0.25, 0.3) is 5.91 Å². The zero-order valence-electron chi connectivity index (χ0n) is 10.2. The van der Waals surface area contributed by atoms with Gasteiger partial charge in [0.2, 0.25) is 0 Å². The molecule has 2 aromatic rings. The number of rotatable bonds is 2. The molecule has 1 N–H and O–H groups in total. The lowest BCUT2D eigenvalue weighted by molar-refractivity contribution is 0.102. The average Bonchev–Trinajstić information content (AvgIpc) is 2.59. The average molecular weight is 301 g/mol. The number of hydrogen-bond donors (Lipinski definition) is 1. The van der Waals surface area contributed by atoms with Crippen molar-refractivity contribution in [2.45, 2.75) is 6.92 Å². The van der Waals surface area contributed by atoms with Crippen molar-refractivity contribution in [1.29, 1.82) is 0 Å². The van der Waals surface area contributed by atoms with Crippen LogP contribution in [0.4, 0.5) is 5.69 Å². The molecule has 0 fully saturated rings. The maximum absolute atomic E-state index is 12.0. The highest BCUT2D eigenvalue weighted by Crippen LogP contribution is 2.29. The Balaban J connectivity index is 2.36. The Morgan fingerprint density at radius 2 is 2.05 bits per heavy atom. The quantitative estimate of drug-likeness (QED) is 0.927. The van der Waals surface area contributed by atoms with Gasteiger partial charge in [-0.2, -0.15) is 0 Å². The van der Waals surface area contributed by atoms with Gasteiger partial charge in [-0.05, 0) is 19.1 Å². The van der Waals surface area contributed by atoms with E-state index < -0.39 is 11.5 Å². The molecule has 2 rings (SSSR count). The van der Waals surface area contributed by atoms with E-state index >= 15 is 0 Å². The molecule has 100 valence electrons. The summed E-state index contributed by atoms with van der Waals surface area (Å²) in [5.74, 6) is -0.587. The highest BCUT2D eigenvalue weighted by molar-refractivity contribution is 6.44. The van der Waals surface area contributed by atoms with Crippen LogP contribution in [-0.4, -0.2) is 10.6 Å². The molecular weight excluding hydrogens is 291 g/mol. The van der Waals surface area contributed by atoms with Crippen LogP contribution in [0, 0.1) is 6.92 Å². The number of aryl methyl sites for hydroxylation is 1. The number of hydrogen-bond acceptors (Lipinski definition) is 3. The summed E-state index contributed by atoms with van der Waals surface area (Å²) in [5.41, 5.74) is 0.0108. The van der Waals surface area contributed by atoms with Crippen molar-refractivity contribution in [1.82, 2.24) is 4.74 Å². The van der Waals surface area contributed by atoms with Gasteiger partial charge >= 0.3 is 5.63 Å². The highest BCUT2D eigenvalue weighted by atomic mass is 35.5. The van der Waals surface area contributed by atoms with Crippen LogP contribution in [0.3, 0.4) is 0 Å². The molecule has 1 amide bonds.